The average Bonchev–Trinajstić information content (AvgIpc) is 2.73. The van der Waals surface area contributed by atoms with Gasteiger partial charge >= 0.3 is 6.01 Å². The minimum Gasteiger partial charge on any atom is -0.467 e. The van der Waals surface area contributed by atoms with Gasteiger partial charge in [0.05, 0.1) is 7.11 Å². The van der Waals surface area contributed by atoms with Crippen LogP contribution < -0.4 is 10.2 Å². The Kier molecular flexibility index (Phi) is 2.41. The number of nitrogens with zero attached hydrogens (tertiary/aromatic N) is 3. The second-order valence-electron chi connectivity index (χ2n) is 3.76. The molecule has 6 heteroatoms. The molecule has 3 rings (SSSR count). The topological polar surface area (TPSA) is 56.5 Å². The van der Waals surface area contributed by atoms with E-state index in [0.717, 1.165) is 5.39 Å². The highest BCUT2D eigenvalue weighted by atomic mass is 35.5. The third-order valence-electron chi connectivity index (χ3n) is 2.71. The van der Waals surface area contributed by atoms with Crippen LogP contribution in [-0.4, -0.2) is 21.7 Å². The minimum atomic E-state index is -0.206. The summed E-state index contributed by atoms with van der Waals surface area (Å²) in [7, 11) is 1.48. The highest BCUT2D eigenvalue weighted by Crippen LogP contribution is 2.17. The molecule has 1 aromatic carbocycles. The normalized spacial score (nSPS) is 11.0. The molecule has 3 aromatic rings. The number of aromatic nitrogens is 3. The third kappa shape index (κ3) is 1.52. The Bertz CT molecular complexity index is 813. The van der Waals surface area contributed by atoms with Crippen LogP contribution in [0.5, 0.6) is 6.01 Å². The molecular formula is C12H8ClN3O2. The van der Waals surface area contributed by atoms with E-state index in [1.165, 1.54) is 11.5 Å². The van der Waals surface area contributed by atoms with Gasteiger partial charge in [0.2, 0.25) is 11.1 Å². The molecule has 0 aliphatic rings. The maximum Gasteiger partial charge on any atom is 0.321 e. The first-order valence-corrected chi connectivity index (χ1v) is 5.60. The first-order chi connectivity index (χ1) is 8.70. The van der Waals surface area contributed by atoms with E-state index >= 15 is 0 Å². The van der Waals surface area contributed by atoms with Crippen molar-refractivity contribution in [1.82, 2.24) is 14.6 Å². The molecule has 0 fully saturated rings. The zero-order valence-electron chi connectivity index (χ0n) is 9.42. The van der Waals surface area contributed by atoms with Crippen LogP contribution in [0.1, 0.15) is 0 Å². The molecule has 0 amide bonds. The fourth-order valence-electron chi connectivity index (χ4n) is 1.86. The molecule has 0 saturated heterocycles. The van der Waals surface area contributed by atoms with Crippen LogP contribution in [0.2, 0.25) is 5.02 Å². The maximum atomic E-state index is 12.3. The summed E-state index contributed by atoms with van der Waals surface area (Å²) < 4.78 is 6.55. The Balaban J connectivity index is 2.56. The zero-order chi connectivity index (χ0) is 12.7. The first kappa shape index (κ1) is 11.0. The lowest BCUT2D eigenvalue weighted by atomic mass is 10.2. The Morgan fingerprint density at radius 2 is 2.11 bits per heavy atom. The molecule has 0 unspecified atom stereocenters. The molecule has 0 aliphatic carbocycles. The average molecular weight is 262 g/mol. The van der Waals surface area contributed by atoms with Crippen LogP contribution in [0.15, 0.2) is 35.3 Å². The molecule has 0 saturated carbocycles. The first-order valence-electron chi connectivity index (χ1n) is 5.22. The van der Waals surface area contributed by atoms with Crippen LogP contribution in [0, 0.1) is 0 Å². The van der Waals surface area contributed by atoms with E-state index in [0.29, 0.717) is 10.4 Å². The van der Waals surface area contributed by atoms with Crippen molar-refractivity contribution in [3.8, 4) is 6.01 Å². The summed E-state index contributed by atoms with van der Waals surface area (Å²) in [5, 5.41) is 9.51. The molecule has 2 heterocycles. The van der Waals surface area contributed by atoms with Crippen molar-refractivity contribution in [2.45, 2.75) is 0 Å². The van der Waals surface area contributed by atoms with Crippen LogP contribution >= 0.6 is 11.6 Å². The summed E-state index contributed by atoms with van der Waals surface area (Å²) in [6.07, 6.45) is 1.69. The number of halogens is 1. The lowest BCUT2D eigenvalue weighted by Gasteiger charge is -1.91. The molecule has 0 radical (unpaired) electrons. The molecule has 0 atom stereocenters. The van der Waals surface area contributed by atoms with Crippen molar-refractivity contribution in [3.63, 3.8) is 0 Å². The molecular weight excluding hydrogens is 254 g/mol. The Morgan fingerprint density at radius 1 is 1.28 bits per heavy atom. The van der Waals surface area contributed by atoms with Gasteiger partial charge < -0.3 is 4.74 Å². The van der Waals surface area contributed by atoms with E-state index in [2.05, 4.69) is 10.2 Å². The largest absolute Gasteiger partial charge is 0.467 e. The summed E-state index contributed by atoms with van der Waals surface area (Å²) in [4.78, 5) is 12.3. The van der Waals surface area contributed by atoms with E-state index in [-0.39, 0.29) is 17.1 Å². The molecule has 0 spiro atoms. The molecule has 5 nitrogen and oxygen atoms in total. The number of fused-ring (bicyclic) bond motifs is 2. The summed E-state index contributed by atoms with van der Waals surface area (Å²) in [6, 6.07) is 7.14. The Labute approximate surface area is 107 Å². The van der Waals surface area contributed by atoms with Gasteiger partial charge in [0.25, 0.3) is 0 Å². The number of benzene rings is 1. The summed E-state index contributed by atoms with van der Waals surface area (Å²) in [5.41, 5.74) is 0.0200. The molecule has 0 N–H and O–H groups in total. The fourth-order valence-corrected chi connectivity index (χ4v) is 2.04. The van der Waals surface area contributed by atoms with Crippen molar-refractivity contribution in [2.75, 3.05) is 7.11 Å². The fraction of sp³-hybridized carbons (Fsp3) is 0.0833. The van der Waals surface area contributed by atoms with Crippen LogP contribution in [0.3, 0.4) is 0 Å². The van der Waals surface area contributed by atoms with Gasteiger partial charge in [0, 0.05) is 16.6 Å². The van der Waals surface area contributed by atoms with Gasteiger partial charge in [0.1, 0.15) is 0 Å². The molecule has 18 heavy (non-hydrogen) atoms. The summed E-state index contributed by atoms with van der Waals surface area (Å²) >= 11 is 5.92. The van der Waals surface area contributed by atoms with Gasteiger partial charge in [-0.05, 0) is 29.7 Å². The van der Waals surface area contributed by atoms with E-state index in [9.17, 15) is 4.79 Å². The SMILES string of the molecule is COc1nnc2c(=O)c3ccc(Cl)cc3ccn12. The molecule has 0 aliphatic heterocycles. The van der Waals surface area contributed by atoms with Gasteiger partial charge in [-0.25, -0.2) is 4.40 Å². The molecule has 90 valence electrons. The highest BCUT2D eigenvalue weighted by molar-refractivity contribution is 6.31. The number of rotatable bonds is 1. The summed E-state index contributed by atoms with van der Waals surface area (Å²) in [6.45, 7) is 0. The van der Waals surface area contributed by atoms with Gasteiger partial charge in [-0.3, -0.25) is 4.79 Å². The lowest BCUT2D eigenvalue weighted by Crippen LogP contribution is -2.01. The van der Waals surface area contributed by atoms with E-state index < -0.39 is 0 Å². The Hall–Kier alpha value is -2.14. The minimum absolute atomic E-state index is 0.206. The van der Waals surface area contributed by atoms with Gasteiger partial charge in [-0.2, -0.15) is 0 Å². The number of hydrogen-bond donors (Lipinski definition) is 0. The Morgan fingerprint density at radius 3 is 2.89 bits per heavy atom. The molecule has 2 aromatic heterocycles. The van der Waals surface area contributed by atoms with Gasteiger partial charge in [-0.15, -0.1) is 5.10 Å². The summed E-state index contributed by atoms with van der Waals surface area (Å²) in [5.74, 6) is 0. The maximum absolute atomic E-state index is 12.3. The van der Waals surface area contributed by atoms with Crippen molar-refractivity contribution < 1.29 is 4.74 Å². The van der Waals surface area contributed by atoms with Crippen LogP contribution in [-0.2, 0) is 0 Å². The zero-order valence-corrected chi connectivity index (χ0v) is 10.2. The third-order valence-corrected chi connectivity index (χ3v) is 2.95. The monoisotopic (exact) mass is 261 g/mol. The standard InChI is InChI=1S/C12H8ClN3O2/c1-18-12-15-14-11-10(17)9-3-2-8(13)6-7(9)4-5-16(11)12/h2-6H,1H3. The van der Waals surface area contributed by atoms with Crippen molar-refractivity contribution in [2.24, 2.45) is 0 Å². The van der Waals surface area contributed by atoms with Crippen molar-refractivity contribution in [1.29, 1.82) is 0 Å². The van der Waals surface area contributed by atoms with E-state index in [1.54, 1.807) is 30.5 Å². The highest BCUT2D eigenvalue weighted by Gasteiger charge is 2.09. The van der Waals surface area contributed by atoms with Gasteiger partial charge in [0.15, 0.2) is 0 Å². The second kappa shape index (κ2) is 3.96. The van der Waals surface area contributed by atoms with Crippen molar-refractivity contribution in [3.05, 3.63) is 45.7 Å². The predicted octanol–water partition coefficient (Wildman–Crippen LogP) is 1.90. The van der Waals surface area contributed by atoms with Crippen molar-refractivity contribution >= 4 is 28.0 Å². The number of hydrogen-bond acceptors (Lipinski definition) is 4. The van der Waals surface area contributed by atoms with Crippen LogP contribution in [0.25, 0.3) is 16.4 Å². The van der Waals surface area contributed by atoms with Crippen LogP contribution in [0.4, 0.5) is 0 Å². The molecule has 0 bridgehead atoms. The number of ether oxygens (including phenoxy) is 1. The van der Waals surface area contributed by atoms with E-state index in [1.807, 2.05) is 0 Å². The quantitative estimate of drug-likeness (QED) is 0.671. The predicted molar refractivity (Wildman–Crippen MR) is 68.3 cm³/mol. The van der Waals surface area contributed by atoms with E-state index in [4.69, 9.17) is 16.3 Å². The lowest BCUT2D eigenvalue weighted by molar-refractivity contribution is 0.375. The number of methoxy groups -OCH3 is 1. The smallest absolute Gasteiger partial charge is 0.321 e. The van der Waals surface area contributed by atoms with Gasteiger partial charge in [-0.1, -0.05) is 16.7 Å². The second-order valence-corrected chi connectivity index (χ2v) is 4.19.